The molecule has 1 rings (SSSR count). The van der Waals surface area contributed by atoms with Gasteiger partial charge in [-0.3, -0.25) is 4.79 Å². The summed E-state index contributed by atoms with van der Waals surface area (Å²) >= 11 is 0. The minimum absolute atomic E-state index is 0.0458. The van der Waals surface area contributed by atoms with Gasteiger partial charge in [0, 0.05) is 38.3 Å². The molecule has 0 atom stereocenters. The molecule has 0 saturated carbocycles. The largest absolute Gasteiger partial charge is 0.378 e. The molecule has 0 saturated heterocycles. The summed E-state index contributed by atoms with van der Waals surface area (Å²) < 4.78 is 0. The van der Waals surface area contributed by atoms with Crippen LogP contribution in [0.4, 0.5) is 11.4 Å². The van der Waals surface area contributed by atoms with E-state index in [-0.39, 0.29) is 5.91 Å². The van der Waals surface area contributed by atoms with Crippen molar-refractivity contribution in [2.24, 2.45) is 0 Å². The Morgan fingerprint density at radius 2 is 2.00 bits per heavy atom. The zero-order valence-electron chi connectivity index (χ0n) is 9.66. The maximum atomic E-state index is 11.4. The number of anilines is 2. The molecule has 0 heterocycles. The Morgan fingerprint density at radius 1 is 1.38 bits per heavy atom. The third-order valence-electron chi connectivity index (χ3n) is 2.16. The molecule has 84 valence electrons. The topological polar surface area (TPSA) is 32.3 Å². The fraction of sp³-hybridized carbons (Fsp3) is 0.308. The van der Waals surface area contributed by atoms with Crippen molar-refractivity contribution in [2.75, 3.05) is 24.3 Å². The third-order valence-corrected chi connectivity index (χ3v) is 2.16. The predicted molar refractivity (Wildman–Crippen MR) is 67.5 cm³/mol. The molecule has 0 aliphatic carbocycles. The number of nitrogens with zero attached hydrogens (tertiary/aromatic N) is 1. The lowest BCUT2D eigenvalue weighted by atomic mass is 10.2. The Kier molecular flexibility index (Phi) is 4.41. The van der Waals surface area contributed by atoms with Gasteiger partial charge >= 0.3 is 0 Å². The number of hydrogen-bond donors (Lipinski definition) is 1. The molecule has 0 bridgehead atoms. The standard InChI is InChI=1S/C13H16N2O/c1-4-5-6-13(16)14-11-7-9-12(10-8-11)15(2)3/h1,7-10H,5-6H2,2-3H3,(H,14,16). The Labute approximate surface area is 96.5 Å². The van der Waals surface area contributed by atoms with Crippen LogP contribution in [0.3, 0.4) is 0 Å². The van der Waals surface area contributed by atoms with Crippen molar-refractivity contribution in [2.45, 2.75) is 12.8 Å². The molecule has 0 aliphatic heterocycles. The Balaban J connectivity index is 2.55. The van der Waals surface area contributed by atoms with E-state index in [1.807, 2.05) is 43.3 Å². The Bertz CT molecular complexity index is 387. The molecule has 0 radical (unpaired) electrons. The molecule has 1 N–H and O–H groups in total. The number of amides is 1. The van der Waals surface area contributed by atoms with Gasteiger partial charge in [0.1, 0.15) is 0 Å². The molecule has 1 aromatic carbocycles. The molecule has 3 nitrogen and oxygen atoms in total. The van der Waals surface area contributed by atoms with E-state index in [1.165, 1.54) is 0 Å². The van der Waals surface area contributed by atoms with Gasteiger partial charge in [-0.05, 0) is 24.3 Å². The molecule has 0 aliphatic rings. The lowest BCUT2D eigenvalue weighted by molar-refractivity contribution is -0.116. The van der Waals surface area contributed by atoms with E-state index in [0.29, 0.717) is 12.8 Å². The average molecular weight is 216 g/mol. The number of hydrogen-bond acceptors (Lipinski definition) is 2. The highest BCUT2D eigenvalue weighted by atomic mass is 16.1. The van der Waals surface area contributed by atoms with E-state index < -0.39 is 0 Å². The first-order valence-electron chi connectivity index (χ1n) is 5.14. The molecule has 16 heavy (non-hydrogen) atoms. The third kappa shape index (κ3) is 3.66. The predicted octanol–water partition coefficient (Wildman–Crippen LogP) is 2.10. The van der Waals surface area contributed by atoms with Gasteiger partial charge in [-0.1, -0.05) is 0 Å². The van der Waals surface area contributed by atoms with Gasteiger partial charge in [0.05, 0.1) is 0 Å². The van der Waals surface area contributed by atoms with E-state index in [0.717, 1.165) is 11.4 Å². The van der Waals surface area contributed by atoms with Crippen LogP contribution < -0.4 is 10.2 Å². The molecule has 1 aromatic rings. The van der Waals surface area contributed by atoms with Crippen molar-refractivity contribution in [3.63, 3.8) is 0 Å². The van der Waals surface area contributed by atoms with Crippen LogP contribution in [-0.2, 0) is 4.79 Å². The Morgan fingerprint density at radius 3 is 2.50 bits per heavy atom. The van der Waals surface area contributed by atoms with Gasteiger partial charge in [-0.25, -0.2) is 0 Å². The maximum absolute atomic E-state index is 11.4. The number of nitrogens with one attached hydrogen (secondary N) is 1. The molecule has 0 spiro atoms. The monoisotopic (exact) mass is 216 g/mol. The first-order chi connectivity index (χ1) is 7.63. The van der Waals surface area contributed by atoms with Gasteiger partial charge in [-0.2, -0.15) is 0 Å². The van der Waals surface area contributed by atoms with Crippen molar-refractivity contribution in [3.8, 4) is 12.3 Å². The minimum Gasteiger partial charge on any atom is -0.378 e. The van der Waals surface area contributed by atoms with Crippen LogP contribution in [0.1, 0.15) is 12.8 Å². The van der Waals surface area contributed by atoms with Gasteiger partial charge in [0.2, 0.25) is 5.91 Å². The summed E-state index contributed by atoms with van der Waals surface area (Å²) in [6.45, 7) is 0. The van der Waals surface area contributed by atoms with E-state index in [1.54, 1.807) is 0 Å². The molecular weight excluding hydrogens is 200 g/mol. The summed E-state index contributed by atoms with van der Waals surface area (Å²) in [7, 11) is 3.95. The van der Waals surface area contributed by atoms with Crippen LogP contribution in [-0.4, -0.2) is 20.0 Å². The fourth-order valence-corrected chi connectivity index (χ4v) is 1.25. The van der Waals surface area contributed by atoms with Crippen LogP contribution in [0.15, 0.2) is 24.3 Å². The second-order valence-corrected chi connectivity index (χ2v) is 3.69. The first kappa shape index (κ1) is 12.1. The summed E-state index contributed by atoms with van der Waals surface area (Å²) in [6.07, 6.45) is 5.93. The number of carbonyl (C=O) groups is 1. The summed E-state index contributed by atoms with van der Waals surface area (Å²) in [6, 6.07) is 7.67. The molecular formula is C13H16N2O. The average Bonchev–Trinajstić information content (AvgIpc) is 2.27. The fourth-order valence-electron chi connectivity index (χ4n) is 1.25. The van der Waals surface area contributed by atoms with E-state index >= 15 is 0 Å². The lowest BCUT2D eigenvalue weighted by Crippen LogP contribution is -2.11. The zero-order valence-corrected chi connectivity index (χ0v) is 9.66. The number of carbonyl (C=O) groups excluding carboxylic acids is 1. The van der Waals surface area contributed by atoms with Crippen LogP contribution in [0.5, 0.6) is 0 Å². The summed E-state index contributed by atoms with van der Waals surface area (Å²) in [5.41, 5.74) is 1.90. The summed E-state index contributed by atoms with van der Waals surface area (Å²) in [4.78, 5) is 13.4. The second-order valence-electron chi connectivity index (χ2n) is 3.69. The molecule has 1 amide bonds. The zero-order chi connectivity index (χ0) is 12.0. The van der Waals surface area contributed by atoms with Crippen LogP contribution in [0.2, 0.25) is 0 Å². The molecule has 0 aromatic heterocycles. The maximum Gasteiger partial charge on any atom is 0.225 e. The Hall–Kier alpha value is -1.95. The van der Waals surface area contributed by atoms with Crippen molar-refractivity contribution >= 4 is 17.3 Å². The molecule has 0 unspecified atom stereocenters. The highest BCUT2D eigenvalue weighted by molar-refractivity contribution is 5.91. The molecule has 0 fully saturated rings. The van der Waals surface area contributed by atoms with Crippen LogP contribution in [0.25, 0.3) is 0 Å². The van der Waals surface area contributed by atoms with E-state index in [9.17, 15) is 4.79 Å². The first-order valence-corrected chi connectivity index (χ1v) is 5.14. The van der Waals surface area contributed by atoms with Gasteiger partial charge in [-0.15, -0.1) is 12.3 Å². The van der Waals surface area contributed by atoms with Crippen LogP contribution >= 0.6 is 0 Å². The summed E-state index contributed by atoms with van der Waals surface area (Å²) in [5.74, 6) is 2.40. The quantitative estimate of drug-likeness (QED) is 0.782. The number of benzene rings is 1. The normalized spacial score (nSPS) is 9.31. The highest BCUT2D eigenvalue weighted by Gasteiger charge is 2.01. The number of terminal acetylenes is 1. The number of rotatable bonds is 4. The van der Waals surface area contributed by atoms with Gasteiger partial charge in [0.25, 0.3) is 0 Å². The van der Waals surface area contributed by atoms with Gasteiger partial charge < -0.3 is 10.2 Å². The second kappa shape index (κ2) is 5.82. The molecule has 3 heteroatoms. The van der Waals surface area contributed by atoms with Crippen molar-refractivity contribution in [3.05, 3.63) is 24.3 Å². The lowest BCUT2D eigenvalue weighted by Gasteiger charge is -2.12. The smallest absolute Gasteiger partial charge is 0.225 e. The summed E-state index contributed by atoms with van der Waals surface area (Å²) in [5, 5.41) is 2.79. The van der Waals surface area contributed by atoms with Crippen LogP contribution in [0, 0.1) is 12.3 Å². The van der Waals surface area contributed by atoms with E-state index in [4.69, 9.17) is 6.42 Å². The minimum atomic E-state index is -0.0458. The highest BCUT2D eigenvalue weighted by Crippen LogP contribution is 2.15. The van der Waals surface area contributed by atoms with E-state index in [2.05, 4.69) is 11.2 Å². The van der Waals surface area contributed by atoms with Crippen molar-refractivity contribution < 1.29 is 4.79 Å². The SMILES string of the molecule is C#CCCC(=O)Nc1ccc(N(C)C)cc1. The van der Waals surface area contributed by atoms with Crippen molar-refractivity contribution in [1.29, 1.82) is 0 Å². The van der Waals surface area contributed by atoms with Gasteiger partial charge in [0.15, 0.2) is 0 Å². The van der Waals surface area contributed by atoms with Crippen molar-refractivity contribution in [1.82, 2.24) is 0 Å².